The van der Waals surface area contributed by atoms with Crippen LogP contribution in [0.3, 0.4) is 0 Å². The number of Topliss-reactive ketones (excluding diaryl/α,β-unsaturated/α-hetero) is 1. The molecular weight excluding hydrogens is 446 g/mol. The normalized spacial score (nSPS) is 21.7. The first-order chi connectivity index (χ1) is 16.8. The third kappa shape index (κ3) is 4.91. The van der Waals surface area contributed by atoms with Gasteiger partial charge in [0.15, 0.2) is 0 Å². The number of hydrogen-bond donors (Lipinski definition) is 1. The van der Waals surface area contributed by atoms with Crippen LogP contribution in [0.15, 0.2) is 48.0 Å². The lowest BCUT2D eigenvalue weighted by molar-refractivity contribution is -0.140. The number of aliphatic hydroxyl groups is 1. The number of likely N-dealkylation sites (tertiary alicyclic amines) is 1. The van der Waals surface area contributed by atoms with E-state index in [4.69, 9.17) is 14.2 Å². The van der Waals surface area contributed by atoms with E-state index in [1.165, 1.54) is 4.90 Å². The van der Waals surface area contributed by atoms with Gasteiger partial charge in [-0.3, -0.25) is 9.59 Å². The van der Waals surface area contributed by atoms with Crippen LogP contribution in [0, 0.1) is 0 Å². The van der Waals surface area contributed by atoms with Crippen molar-refractivity contribution in [3.05, 3.63) is 64.7 Å². The number of ether oxygens (including phenoxy) is 3. The Bertz CT molecular complexity index is 1130. The molecule has 7 nitrogen and oxygen atoms in total. The first-order valence-corrected chi connectivity index (χ1v) is 12.2. The van der Waals surface area contributed by atoms with Gasteiger partial charge in [0.05, 0.1) is 31.4 Å². The first-order valence-electron chi connectivity index (χ1n) is 12.2. The molecule has 0 aliphatic carbocycles. The van der Waals surface area contributed by atoms with Crippen LogP contribution < -0.4 is 9.47 Å². The number of carbonyl (C=O) groups excluding carboxylic acids is 2. The molecule has 2 aliphatic rings. The van der Waals surface area contributed by atoms with Crippen molar-refractivity contribution in [2.75, 3.05) is 26.9 Å². The summed E-state index contributed by atoms with van der Waals surface area (Å²) >= 11 is 0. The molecular formula is C28H33NO6. The summed E-state index contributed by atoms with van der Waals surface area (Å²) in [6.07, 6.45) is 1.60. The molecule has 0 aromatic heterocycles. The van der Waals surface area contributed by atoms with Crippen molar-refractivity contribution in [2.24, 2.45) is 0 Å². The van der Waals surface area contributed by atoms with E-state index in [2.05, 4.69) is 0 Å². The van der Waals surface area contributed by atoms with Crippen LogP contribution in [-0.2, 0) is 14.3 Å². The second kappa shape index (κ2) is 10.5. The van der Waals surface area contributed by atoms with Crippen LogP contribution in [0.5, 0.6) is 11.5 Å². The smallest absolute Gasteiger partial charge is 0.295 e. The third-order valence-corrected chi connectivity index (χ3v) is 6.57. The molecule has 2 atom stereocenters. The molecule has 186 valence electrons. The van der Waals surface area contributed by atoms with Gasteiger partial charge in [-0.2, -0.15) is 0 Å². The Balaban J connectivity index is 1.85. The maximum atomic E-state index is 13.3. The Morgan fingerprint density at radius 1 is 1.20 bits per heavy atom. The standard InChI is InChI=1S/C28H33NO6/c1-5-34-20-9-6-8-18(14-20)25-24(27(31)28(32)29(25)16-21-10-7-13-35-21)26(30)19-11-12-23(33-4)22(15-19)17(2)3/h6,8-9,11-12,14-15,17,21,25,30H,5,7,10,13,16H2,1-4H3/b26-24+. The lowest BCUT2D eigenvalue weighted by Gasteiger charge is -2.27. The lowest BCUT2D eigenvalue weighted by atomic mass is 9.93. The number of rotatable bonds is 8. The van der Waals surface area contributed by atoms with E-state index < -0.39 is 17.7 Å². The van der Waals surface area contributed by atoms with E-state index in [-0.39, 0.29) is 29.9 Å². The molecule has 0 saturated carbocycles. The van der Waals surface area contributed by atoms with Gasteiger partial charge < -0.3 is 24.2 Å². The fraction of sp³-hybridized carbons (Fsp3) is 0.429. The minimum absolute atomic E-state index is 0.0709. The van der Waals surface area contributed by atoms with Crippen LogP contribution in [-0.4, -0.2) is 54.7 Å². The lowest BCUT2D eigenvalue weighted by Crippen LogP contribution is -2.36. The van der Waals surface area contributed by atoms with Gasteiger partial charge in [0.25, 0.3) is 11.7 Å². The Kier molecular flexibility index (Phi) is 7.45. The monoisotopic (exact) mass is 479 g/mol. The summed E-state index contributed by atoms with van der Waals surface area (Å²) < 4.78 is 16.9. The topological polar surface area (TPSA) is 85.3 Å². The highest BCUT2D eigenvalue weighted by molar-refractivity contribution is 6.46. The molecule has 2 aromatic carbocycles. The molecule has 35 heavy (non-hydrogen) atoms. The van der Waals surface area contributed by atoms with Gasteiger partial charge in [-0.1, -0.05) is 26.0 Å². The summed E-state index contributed by atoms with van der Waals surface area (Å²) in [4.78, 5) is 28.1. The molecule has 2 fully saturated rings. The number of amides is 1. The zero-order valence-electron chi connectivity index (χ0n) is 20.7. The number of nitrogens with zero attached hydrogens (tertiary/aromatic N) is 1. The average Bonchev–Trinajstić information content (AvgIpc) is 3.46. The Hall–Kier alpha value is -3.32. The summed E-state index contributed by atoms with van der Waals surface area (Å²) in [7, 11) is 1.60. The second-order valence-corrected chi connectivity index (χ2v) is 9.20. The molecule has 2 heterocycles. The highest BCUT2D eigenvalue weighted by Gasteiger charge is 2.47. The van der Waals surface area contributed by atoms with E-state index in [0.717, 1.165) is 18.4 Å². The van der Waals surface area contributed by atoms with Crippen LogP contribution in [0.25, 0.3) is 5.76 Å². The predicted octanol–water partition coefficient (Wildman–Crippen LogP) is 4.82. The van der Waals surface area contributed by atoms with Gasteiger partial charge in [-0.15, -0.1) is 0 Å². The molecule has 1 amide bonds. The quantitative estimate of drug-likeness (QED) is 0.332. The van der Waals surface area contributed by atoms with Gasteiger partial charge >= 0.3 is 0 Å². The molecule has 2 saturated heterocycles. The molecule has 0 radical (unpaired) electrons. The van der Waals surface area contributed by atoms with E-state index in [9.17, 15) is 14.7 Å². The minimum atomic E-state index is -0.746. The van der Waals surface area contributed by atoms with Crippen LogP contribution in [0.1, 0.15) is 62.3 Å². The van der Waals surface area contributed by atoms with E-state index in [1.54, 1.807) is 19.2 Å². The fourth-order valence-electron chi connectivity index (χ4n) is 4.85. The molecule has 4 rings (SSSR count). The maximum absolute atomic E-state index is 13.3. The van der Waals surface area contributed by atoms with Gasteiger partial charge in [0.1, 0.15) is 17.3 Å². The molecule has 7 heteroatoms. The van der Waals surface area contributed by atoms with Crippen molar-refractivity contribution in [3.63, 3.8) is 0 Å². The average molecular weight is 480 g/mol. The summed E-state index contributed by atoms with van der Waals surface area (Å²) in [6.45, 7) is 7.37. The van der Waals surface area contributed by atoms with Gasteiger partial charge in [-0.25, -0.2) is 0 Å². The summed E-state index contributed by atoms with van der Waals surface area (Å²) in [5.74, 6) is -0.0517. The molecule has 0 spiro atoms. The van der Waals surface area contributed by atoms with Gasteiger partial charge in [-0.05, 0) is 67.1 Å². The molecule has 1 N–H and O–H groups in total. The Labute approximate surface area is 206 Å². The number of hydrogen-bond acceptors (Lipinski definition) is 6. The number of benzene rings is 2. The Morgan fingerprint density at radius 2 is 2.00 bits per heavy atom. The number of aliphatic hydroxyl groups excluding tert-OH is 1. The van der Waals surface area contributed by atoms with Crippen LogP contribution >= 0.6 is 0 Å². The van der Waals surface area contributed by atoms with Gasteiger partial charge in [0, 0.05) is 18.7 Å². The number of ketones is 1. The number of methoxy groups -OCH3 is 1. The van der Waals surface area contributed by atoms with E-state index >= 15 is 0 Å². The maximum Gasteiger partial charge on any atom is 0.295 e. The van der Waals surface area contributed by atoms with Gasteiger partial charge in [0.2, 0.25) is 0 Å². The third-order valence-electron chi connectivity index (χ3n) is 6.57. The highest BCUT2D eigenvalue weighted by atomic mass is 16.5. The van der Waals surface area contributed by atoms with Crippen molar-refractivity contribution >= 4 is 17.4 Å². The zero-order valence-corrected chi connectivity index (χ0v) is 20.7. The fourth-order valence-corrected chi connectivity index (χ4v) is 4.85. The highest BCUT2D eigenvalue weighted by Crippen LogP contribution is 2.41. The van der Waals surface area contributed by atoms with Crippen LogP contribution in [0.4, 0.5) is 0 Å². The molecule has 0 bridgehead atoms. The molecule has 2 aliphatic heterocycles. The summed E-state index contributed by atoms with van der Waals surface area (Å²) in [6, 6.07) is 11.9. The van der Waals surface area contributed by atoms with Crippen molar-refractivity contribution in [1.29, 1.82) is 0 Å². The minimum Gasteiger partial charge on any atom is -0.507 e. The predicted molar refractivity (Wildman–Crippen MR) is 133 cm³/mol. The first kappa shape index (κ1) is 24.8. The largest absolute Gasteiger partial charge is 0.507 e. The van der Waals surface area contributed by atoms with Crippen molar-refractivity contribution in [2.45, 2.75) is 51.7 Å². The SMILES string of the molecule is CCOc1cccc(C2/C(=C(\O)c3ccc(OC)c(C(C)C)c3)C(=O)C(=O)N2CC2CCCO2)c1. The summed E-state index contributed by atoms with van der Waals surface area (Å²) in [5, 5.41) is 11.4. The molecule has 2 unspecified atom stereocenters. The summed E-state index contributed by atoms with van der Waals surface area (Å²) in [5.41, 5.74) is 2.14. The van der Waals surface area contributed by atoms with E-state index in [0.29, 0.717) is 35.8 Å². The van der Waals surface area contributed by atoms with Crippen LogP contribution in [0.2, 0.25) is 0 Å². The second-order valence-electron chi connectivity index (χ2n) is 9.20. The zero-order chi connectivity index (χ0) is 25.1. The number of carbonyl (C=O) groups is 2. The Morgan fingerprint density at radius 3 is 2.66 bits per heavy atom. The van der Waals surface area contributed by atoms with Crippen molar-refractivity contribution < 1.29 is 28.9 Å². The van der Waals surface area contributed by atoms with Crippen molar-refractivity contribution in [3.8, 4) is 11.5 Å². The van der Waals surface area contributed by atoms with E-state index in [1.807, 2.05) is 51.1 Å². The molecule has 2 aromatic rings. The van der Waals surface area contributed by atoms with Crippen molar-refractivity contribution in [1.82, 2.24) is 4.90 Å².